The summed E-state index contributed by atoms with van der Waals surface area (Å²) in [5, 5.41) is 23.6. The fraction of sp³-hybridized carbons (Fsp3) is 0.600. The van der Waals surface area contributed by atoms with Crippen LogP contribution in [0.1, 0.15) is 39.2 Å². The Morgan fingerprint density at radius 1 is 1.26 bits per heavy atom. The first-order chi connectivity index (χ1) is 9.01. The number of rotatable bonds is 7. The highest BCUT2D eigenvalue weighted by Gasteiger charge is 2.36. The van der Waals surface area contributed by atoms with Crippen molar-refractivity contribution in [3.05, 3.63) is 28.8 Å². The first kappa shape index (κ1) is 16.3. The van der Waals surface area contributed by atoms with E-state index < -0.39 is 6.10 Å². The van der Waals surface area contributed by atoms with Gasteiger partial charge in [-0.3, -0.25) is 0 Å². The predicted octanol–water partition coefficient (Wildman–Crippen LogP) is 3.07. The molecule has 1 unspecified atom stereocenters. The van der Waals surface area contributed by atoms with Crippen LogP contribution in [0.2, 0.25) is 5.02 Å². The third-order valence-corrected chi connectivity index (χ3v) is 4.31. The Morgan fingerprint density at radius 2 is 1.89 bits per heavy atom. The van der Waals surface area contributed by atoms with Crippen molar-refractivity contribution in [3.8, 4) is 5.75 Å². The van der Waals surface area contributed by atoms with Crippen LogP contribution in [0.25, 0.3) is 0 Å². The van der Waals surface area contributed by atoms with Gasteiger partial charge in [0.05, 0.1) is 11.1 Å². The zero-order valence-electron chi connectivity index (χ0n) is 11.9. The van der Waals surface area contributed by atoms with Crippen molar-refractivity contribution in [2.24, 2.45) is 0 Å². The summed E-state index contributed by atoms with van der Waals surface area (Å²) in [6.07, 6.45) is 1.15. The summed E-state index contributed by atoms with van der Waals surface area (Å²) < 4.78 is 0. The van der Waals surface area contributed by atoms with Gasteiger partial charge in [0.1, 0.15) is 5.75 Å². The van der Waals surface area contributed by atoms with Gasteiger partial charge in [0.15, 0.2) is 0 Å². The van der Waals surface area contributed by atoms with Gasteiger partial charge in [0.2, 0.25) is 0 Å². The van der Waals surface area contributed by atoms with Crippen molar-refractivity contribution < 1.29 is 10.2 Å². The quantitative estimate of drug-likeness (QED) is 0.722. The van der Waals surface area contributed by atoms with E-state index in [9.17, 15) is 10.2 Å². The Balaban J connectivity index is 3.12. The zero-order valence-corrected chi connectivity index (χ0v) is 12.7. The maximum Gasteiger partial charge on any atom is 0.134 e. The molecule has 1 aromatic carbocycles. The Morgan fingerprint density at radius 3 is 2.37 bits per heavy atom. The van der Waals surface area contributed by atoms with E-state index in [0.29, 0.717) is 11.6 Å². The summed E-state index contributed by atoms with van der Waals surface area (Å²) in [6, 6.07) is 5.21. The number of halogens is 1. The number of aliphatic hydroxyl groups is 1. The summed E-state index contributed by atoms with van der Waals surface area (Å²) in [7, 11) is 0. The van der Waals surface area contributed by atoms with Gasteiger partial charge >= 0.3 is 0 Å². The second kappa shape index (κ2) is 7.13. The lowest BCUT2D eigenvalue weighted by Gasteiger charge is -2.37. The second-order valence-corrected chi connectivity index (χ2v) is 5.26. The van der Waals surface area contributed by atoms with Crippen LogP contribution in [-0.4, -0.2) is 29.4 Å². The molecule has 3 N–H and O–H groups in total. The lowest BCUT2D eigenvalue weighted by atomic mass is 9.71. The molecule has 3 nitrogen and oxygen atoms in total. The number of nitrogens with one attached hydrogen (secondary N) is 1. The van der Waals surface area contributed by atoms with Gasteiger partial charge < -0.3 is 15.5 Å². The normalized spacial score (nSPS) is 13.5. The molecule has 108 valence electrons. The fourth-order valence-electron chi connectivity index (χ4n) is 2.61. The van der Waals surface area contributed by atoms with Crippen LogP contribution in [0.15, 0.2) is 18.2 Å². The van der Waals surface area contributed by atoms with Crippen LogP contribution in [0.4, 0.5) is 0 Å². The molecule has 0 heterocycles. The van der Waals surface area contributed by atoms with Gasteiger partial charge in [0, 0.05) is 12.0 Å². The summed E-state index contributed by atoms with van der Waals surface area (Å²) in [6.45, 7) is 7.54. The molecule has 0 aliphatic carbocycles. The minimum absolute atomic E-state index is 0.0766. The van der Waals surface area contributed by atoms with Crippen molar-refractivity contribution >= 4 is 11.6 Å². The first-order valence-electron chi connectivity index (χ1n) is 6.89. The van der Waals surface area contributed by atoms with Crippen molar-refractivity contribution in [1.29, 1.82) is 0 Å². The molecule has 0 spiro atoms. The van der Waals surface area contributed by atoms with E-state index in [1.165, 1.54) is 0 Å². The number of phenols is 1. The SMILES string of the molecule is CCNCC(O)C(CC)(CC)c1ccc(O)c(Cl)c1. The molecule has 0 aromatic heterocycles. The number of aromatic hydroxyl groups is 1. The molecule has 0 bridgehead atoms. The summed E-state index contributed by atoms with van der Waals surface area (Å²) in [5.74, 6) is 0.0766. The molecule has 1 rings (SSSR count). The van der Waals surface area contributed by atoms with Crippen LogP contribution in [0.5, 0.6) is 5.75 Å². The van der Waals surface area contributed by atoms with E-state index >= 15 is 0 Å². The summed E-state index contributed by atoms with van der Waals surface area (Å²) >= 11 is 6.00. The molecule has 0 fully saturated rings. The lowest BCUT2D eigenvalue weighted by molar-refractivity contribution is 0.0731. The second-order valence-electron chi connectivity index (χ2n) is 4.85. The maximum absolute atomic E-state index is 10.5. The van der Waals surface area contributed by atoms with Gasteiger partial charge in [0.25, 0.3) is 0 Å². The number of benzene rings is 1. The molecular weight excluding hydrogens is 262 g/mol. The lowest BCUT2D eigenvalue weighted by Crippen LogP contribution is -2.44. The van der Waals surface area contributed by atoms with Gasteiger partial charge in [-0.25, -0.2) is 0 Å². The Kier molecular flexibility index (Phi) is 6.11. The molecule has 0 amide bonds. The highest BCUT2D eigenvalue weighted by atomic mass is 35.5. The Labute approximate surface area is 120 Å². The number of hydrogen-bond donors (Lipinski definition) is 3. The summed E-state index contributed by atoms with van der Waals surface area (Å²) in [4.78, 5) is 0. The van der Waals surface area contributed by atoms with Crippen molar-refractivity contribution in [3.63, 3.8) is 0 Å². The largest absolute Gasteiger partial charge is 0.506 e. The highest BCUT2D eigenvalue weighted by molar-refractivity contribution is 6.32. The molecule has 0 radical (unpaired) electrons. The molecule has 1 aromatic rings. The molecular formula is C15H24ClNO2. The monoisotopic (exact) mass is 285 g/mol. The predicted molar refractivity (Wildman–Crippen MR) is 79.9 cm³/mol. The smallest absolute Gasteiger partial charge is 0.134 e. The zero-order chi connectivity index (χ0) is 14.5. The van der Waals surface area contributed by atoms with Crippen molar-refractivity contribution in [2.75, 3.05) is 13.1 Å². The standard InChI is InChI=1S/C15H24ClNO2/c1-4-15(5-2,14(19)10-17-6-3)11-7-8-13(18)12(16)9-11/h7-9,14,17-19H,4-6,10H2,1-3H3. The number of aliphatic hydroxyl groups excluding tert-OH is 1. The van der Waals surface area contributed by atoms with Crippen LogP contribution in [0, 0.1) is 0 Å². The Bertz CT molecular complexity index is 405. The minimum Gasteiger partial charge on any atom is -0.506 e. The Hall–Kier alpha value is -0.770. The number of phenolic OH excluding ortho intramolecular Hbond substituents is 1. The molecule has 19 heavy (non-hydrogen) atoms. The van der Waals surface area contributed by atoms with Gasteiger partial charge in [-0.05, 0) is 37.1 Å². The van der Waals surface area contributed by atoms with Crippen LogP contribution in [-0.2, 0) is 5.41 Å². The van der Waals surface area contributed by atoms with E-state index in [2.05, 4.69) is 19.2 Å². The van der Waals surface area contributed by atoms with Crippen LogP contribution in [0.3, 0.4) is 0 Å². The molecule has 0 saturated carbocycles. The molecule has 1 atom stereocenters. The van der Waals surface area contributed by atoms with Gasteiger partial charge in [-0.1, -0.05) is 38.4 Å². The molecule has 4 heteroatoms. The highest BCUT2D eigenvalue weighted by Crippen LogP contribution is 2.38. The van der Waals surface area contributed by atoms with E-state index in [1.54, 1.807) is 12.1 Å². The van der Waals surface area contributed by atoms with Gasteiger partial charge in [-0.2, -0.15) is 0 Å². The van der Waals surface area contributed by atoms with E-state index in [0.717, 1.165) is 24.9 Å². The fourth-order valence-corrected chi connectivity index (χ4v) is 2.80. The summed E-state index contributed by atoms with van der Waals surface area (Å²) in [5.41, 5.74) is 0.644. The third kappa shape index (κ3) is 3.41. The van der Waals surface area contributed by atoms with Crippen molar-refractivity contribution in [2.45, 2.75) is 45.1 Å². The minimum atomic E-state index is -0.483. The van der Waals surface area contributed by atoms with E-state index in [4.69, 9.17) is 11.6 Å². The maximum atomic E-state index is 10.5. The number of likely N-dealkylation sites (N-methyl/N-ethyl adjacent to an activating group) is 1. The number of hydrogen-bond acceptors (Lipinski definition) is 3. The first-order valence-corrected chi connectivity index (χ1v) is 7.27. The van der Waals surface area contributed by atoms with Gasteiger partial charge in [-0.15, -0.1) is 0 Å². The average molecular weight is 286 g/mol. The average Bonchev–Trinajstić information content (AvgIpc) is 2.42. The van der Waals surface area contributed by atoms with E-state index in [1.807, 2.05) is 13.0 Å². The van der Waals surface area contributed by atoms with Crippen molar-refractivity contribution in [1.82, 2.24) is 5.32 Å². The molecule has 0 aliphatic heterocycles. The van der Waals surface area contributed by atoms with Crippen LogP contribution >= 0.6 is 11.6 Å². The molecule has 0 aliphatic rings. The van der Waals surface area contributed by atoms with E-state index in [-0.39, 0.29) is 11.2 Å². The molecule has 0 saturated heterocycles. The van der Waals surface area contributed by atoms with Crippen LogP contribution < -0.4 is 5.32 Å². The third-order valence-electron chi connectivity index (χ3n) is 4.01. The topological polar surface area (TPSA) is 52.5 Å².